The molecule has 0 aliphatic heterocycles. The van der Waals surface area contributed by atoms with Gasteiger partial charge in [0.2, 0.25) is 0 Å². The van der Waals surface area contributed by atoms with Gasteiger partial charge in [0.15, 0.2) is 0 Å². The summed E-state index contributed by atoms with van der Waals surface area (Å²) < 4.78 is 31.7. The summed E-state index contributed by atoms with van der Waals surface area (Å²) in [7, 11) is 1.84. The van der Waals surface area contributed by atoms with Gasteiger partial charge in [0, 0.05) is 36.3 Å². The molecule has 3 nitrogen and oxygen atoms in total. The van der Waals surface area contributed by atoms with Crippen molar-refractivity contribution in [2.75, 3.05) is 13.6 Å². The lowest BCUT2D eigenvalue weighted by atomic mass is 10.0. The summed E-state index contributed by atoms with van der Waals surface area (Å²) in [4.78, 5) is 1.90. The van der Waals surface area contributed by atoms with E-state index in [1.807, 2.05) is 18.0 Å². The van der Waals surface area contributed by atoms with Gasteiger partial charge >= 0.3 is 0 Å². The fraction of sp³-hybridized carbons (Fsp3) is 0.286. The second kappa shape index (κ2) is 5.95. The van der Waals surface area contributed by atoms with Crippen LogP contribution in [-0.4, -0.2) is 18.5 Å². The van der Waals surface area contributed by atoms with Crippen molar-refractivity contribution >= 4 is 0 Å². The summed E-state index contributed by atoms with van der Waals surface area (Å²) in [5, 5.41) is 0. The molecule has 1 unspecified atom stereocenters. The Morgan fingerprint density at radius 3 is 2.68 bits per heavy atom. The summed E-state index contributed by atoms with van der Waals surface area (Å²) in [6, 6.07) is 5.09. The predicted octanol–water partition coefficient (Wildman–Crippen LogP) is 2.69. The van der Waals surface area contributed by atoms with Gasteiger partial charge in [-0.05, 0) is 19.2 Å². The van der Waals surface area contributed by atoms with Crippen LogP contribution in [0.5, 0.6) is 0 Å². The number of hydrogen-bond donors (Lipinski definition) is 1. The second-order valence-corrected chi connectivity index (χ2v) is 4.46. The molecule has 5 heteroatoms. The number of likely N-dealkylation sites (N-methyl/N-ethyl adjacent to an activating group) is 1. The van der Waals surface area contributed by atoms with E-state index in [0.29, 0.717) is 12.1 Å². The van der Waals surface area contributed by atoms with E-state index in [1.165, 1.54) is 12.1 Å². The van der Waals surface area contributed by atoms with Crippen LogP contribution < -0.4 is 5.73 Å². The molecule has 0 radical (unpaired) electrons. The Kier molecular flexibility index (Phi) is 4.29. The average molecular weight is 266 g/mol. The number of halogens is 2. The van der Waals surface area contributed by atoms with E-state index in [2.05, 4.69) is 0 Å². The van der Waals surface area contributed by atoms with Crippen LogP contribution in [0.15, 0.2) is 41.2 Å². The lowest BCUT2D eigenvalue weighted by molar-refractivity contribution is 0.236. The van der Waals surface area contributed by atoms with Gasteiger partial charge in [-0.3, -0.25) is 4.90 Å². The third kappa shape index (κ3) is 3.19. The molecule has 19 heavy (non-hydrogen) atoms. The minimum atomic E-state index is -0.588. The molecule has 0 fully saturated rings. The van der Waals surface area contributed by atoms with Gasteiger partial charge in [-0.15, -0.1) is 0 Å². The Hall–Kier alpha value is -1.72. The average Bonchev–Trinajstić information content (AvgIpc) is 2.85. The van der Waals surface area contributed by atoms with E-state index in [-0.39, 0.29) is 12.6 Å². The minimum Gasteiger partial charge on any atom is -0.472 e. The third-order valence-electron chi connectivity index (χ3n) is 3.09. The summed E-state index contributed by atoms with van der Waals surface area (Å²) in [5.41, 5.74) is 7.09. The Labute approximate surface area is 110 Å². The highest BCUT2D eigenvalue weighted by Gasteiger charge is 2.19. The quantitative estimate of drug-likeness (QED) is 0.904. The van der Waals surface area contributed by atoms with Crippen LogP contribution in [0.25, 0.3) is 0 Å². The van der Waals surface area contributed by atoms with Crippen molar-refractivity contribution < 1.29 is 13.2 Å². The summed E-state index contributed by atoms with van der Waals surface area (Å²) >= 11 is 0. The Balaban J connectivity index is 2.18. The van der Waals surface area contributed by atoms with Gasteiger partial charge in [-0.2, -0.15) is 0 Å². The first-order valence-corrected chi connectivity index (χ1v) is 5.98. The third-order valence-corrected chi connectivity index (χ3v) is 3.09. The lowest BCUT2D eigenvalue weighted by Gasteiger charge is -2.27. The highest BCUT2D eigenvalue weighted by atomic mass is 19.1. The zero-order valence-corrected chi connectivity index (χ0v) is 10.6. The van der Waals surface area contributed by atoms with Crippen molar-refractivity contribution in [2.24, 2.45) is 5.73 Å². The number of nitrogens with zero attached hydrogens (tertiary/aromatic N) is 1. The van der Waals surface area contributed by atoms with Crippen LogP contribution in [0.2, 0.25) is 0 Å². The maximum absolute atomic E-state index is 13.8. The molecule has 2 rings (SSSR count). The number of hydrogen-bond acceptors (Lipinski definition) is 3. The van der Waals surface area contributed by atoms with Gasteiger partial charge in [0.25, 0.3) is 0 Å². The molecule has 0 bridgehead atoms. The molecule has 0 spiro atoms. The van der Waals surface area contributed by atoms with Gasteiger partial charge < -0.3 is 10.2 Å². The van der Waals surface area contributed by atoms with E-state index >= 15 is 0 Å². The van der Waals surface area contributed by atoms with Crippen LogP contribution in [0.4, 0.5) is 8.78 Å². The van der Waals surface area contributed by atoms with Crippen molar-refractivity contribution in [2.45, 2.75) is 12.6 Å². The monoisotopic (exact) mass is 266 g/mol. The minimum absolute atomic E-state index is 0.247. The SMILES string of the molecule is CN(Cc1ccoc1)C(CN)c1ccc(F)cc1F. The predicted molar refractivity (Wildman–Crippen MR) is 68.3 cm³/mol. The van der Waals surface area contributed by atoms with Crippen molar-refractivity contribution in [1.29, 1.82) is 0 Å². The molecule has 0 saturated heterocycles. The second-order valence-electron chi connectivity index (χ2n) is 4.46. The zero-order chi connectivity index (χ0) is 13.8. The van der Waals surface area contributed by atoms with E-state index < -0.39 is 11.6 Å². The number of furan rings is 1. The first kappa shape index (κ1) is 13.7. The smallest absolute Gasteiger partial charge is 0.130 e. The Bertz CT molecular complexity index is 528. The number of benzene rings is 1. The number of rotatable bonds is 5. The van der Waals surface area contributed by atoms with Crippen LogP contribution in [0.3, 0.4) is 0 Å². The van der Waals surface area contributed by atoms with E-state index in [9.17, 15) is 8.78 Å². The van der Waals surface area contributed by atoms with Crippen molar-refractivity contribution in [3.8, 4) is 0 Å². The zero-order valence-electron chi connectivity index (χ0n) is 10.6. The Morgan fingerprint density at radius 2 is 2.11 bits per heavy atom. The molecule has 0 aliphatic carbocycles. The van der Waals surface area contributed by atoms with Gasteiger partial charge in [0.05, 0.1) is 12.5 Å². The van der Waals surface area contributed by atoms with E-state index in [0.717, 1.165) is 11.6 Å². The molecule has 2 N–H and O–H groups in total. The van der Waals surface area contributed by atoms with Crippen molar-refractivity contribution in [1.82, 2.24) is 4.90 Å². The molecule has 1 atom stereocenters. The maximum Gasteiger partial charge on any atom is 0.130 e. The molecule has 0 aliphatic rings. The van der Waals surface area contributed by atoms with Crippen molar-refractivity contribution in [3.05, 3.63) is 59.6 Å². The fourth-order valence-electron chi connectivity index (χ4n) is 2.10. The maximum atomic E-state index is 13.8. The summed E-state index contributed by atoms with van der Waals surface area (Å²) in [6.45, 7) is 0.825. The van der Waals surface area contributed by atoms with Crippen LogP contribution in [-0.2, 0) is 6.54 Å². The van der Waals surface area contributed by atoms with Gasteiger partial charge in [-0.25, -0.2) is 8.78 Å². The first-order valence-electron chi connectivity index (χ1n) is 5.98. The largest absolute Gasteiger partial charge is 0.472 e. The molecule has 1 aromatic carbocycles. The lowest BCUT2D eigenvalue weighted by Crippen LogP contribution is -2.30. The molecule has 1 aromatic heterocycles. The summed E-state index contributed by atoms with van der Waals surface area (Å²) in [6.07, 6.45) is 3.21. The standard InChI is InChI=1S/C14H16F2N2O/c1-18(8-10-4-5-19-9-10)14(7-17)12-3-2-11(15)6-13(12)16/h2-6,9,14H,7-8,17H2,1H3. The summed E-state index contributed by atoms with van der Waals surface area (Å²) in [5.74, 6) is -1.16. The Morgan fingerprint density at radius 1 is 1.32 bits per heavy atom. The molecular weight excluding hydrogens is 250 g/mol. The normalized spacial score (nSPS) is 12.9. The van der Waals surface area contributed by atoms with Gasteiger partial charge in [0.1, 0.15) is 11.6 Å². The molecule has 0 amide bonds. The fourth-order valence-corrected chi connectivity index (χ4v) is 2.10. The first-order chi connectivity index (χ1) is 9.11. The number of nitrogens with two attached hydrogens (primary N) is 1. The highest BCUT2D eigenvalue weighted by Crippen LogP contribution is 2.23. The molecule has 102 valence electrons. The van der Waals surface area contributed by atoms with Crippen molar-refractivity contribution in [3.63, 3.8) is 0 Å². The molecule has 2 aromatic rings. The van der Waals surface area contributed by atoms with E-state index in [1.54, 1.807) is 12.5 Å². The van der Waals surface area contributed by atoms with Crippen LogP contribution in [0.1, 0.15) is 17.2 Å². The van der Waals surface area contributed by atoms with E-state index in [4.69, 9.17) is 10.2 Å². The van der Waals surface area contributed by atoms with Crippen LogP contribution >= 0.6 is 0 Å². The highest BCUT2D eigenvalue weighted by molar-refractivity contribution is 5.23. The topological polar surface area (TPSA) is 42.4 Å². The van der Waals surface area contributed by atoms with Crippen LogP contribution in [0, 0.1) is 11.6 Å². The van der Waals surface area contributed by atoms with Gasteiger partial charge in [-0.1, -0.05) is 6.07 Å². The molecule has 1 heterocycles. The molecule has 0 saturated carbocycles. The molecular formula is C14H16F2N2O.